The third-order valence-electron chi connectivity index (χ3n) is 4.03. The van der Waals surface area contributed by atoms with Crippen molar-refractivity contribution in [1.82, 2.24) is 0 Å². The van der Waals surface area contributed by atoms with Crippen molar-refractivity contribution in [3.05, 3.63) is 0 Å². The van der Waals surface area contributed by atoms with Crippen molar-refractivity contribution < 1.29 is 35.0 Å². The van der Waals surface area contributed by atoms with Gasteiger partial charge in [0.05, 0.1) is 13.2 Å². The summed E-state index contributed by atoms with van der Waals surface area (Å²) in [5.74, 6) is 0.954. The topological polar surface area (TPSA) is 38.7 Å². The van der Waals surface area contributed by atoms with Crippen molar-refractivity contribution in [3.8, 4) is 0 Å². The maximum Gasteiger partial charge on any atom is 0.324 e. The van der Waals surface area contributed by atoms with Crippen LogP contribution in [-0.2, 0) is 41.9 Å². The maximum atomic E-state index is 10.1. The standard InChI is InChI=1S/C16H35O3PS.Mo/c1-5-9-11-15(7-3)13-18-20(17,21)19-14-16(8-4)12-10-6-2;/h15-16H,5-14H2,1-4H3,(H,17,21);. The Kier molecular flexibility index (Phi) is 18.2. The third-order valence-corrected chi connectivity index (χ3v) is 5.62. The Bertz CT molecular complexity index is 269. The molecule has 0 aromatic heterocycles. The Labute approximate surface area is 157 Å². The minimum Gasteiger partial charge on any atom is -0.324 e. The maximum absolute atomic E-state index is 10.1. The molecule has 0 aliphatic heterocycles. The molecule has 0 aliphatic rings. The number of hydrogen-bond acceptors (Lipinski definition) is 3. The molecular formula is C16H35MoO3PS. The van der Waals surface area contributed by atoms with Crippen LogP contribution >= 0.6 is 6.72 Å². The Balaban J connectivity index is 0. The minimum atomic E-state index is -3.06. The molecule has 0 saturated carbocycles. The van der Waals surface area contributed by atoms with Gasteiger partial charge in [-0.1, -0.05) is 66.2 Å². The first-order valence-corrected chi connectivity index (χ1v) is 11.2. The van der Waals surface area contributed by atoms with Gasteiger partial charge in [-0.15, -0.1) is 0 Å². The zero-order valence-electron chi connectivity index (χ0n) is 14.8. The predicted molar refractivity (Wildman–Crippen MR) is 95.0 cm³/mol. The molecule has 22 heavy (non-hydrogen) atoms. The van der Waals surface area contributed by atoms with Gasteiger partial charge >= 0.3 is 6.72 Å². The molecule has 0 radical (unpaired) electrons. The summed E-state index contributed by atoms with van der Waals surface area (Å²) in [5.41, 5.74) is 0. The zero-order chi connectivity index (χ0) is 16.1. The monoisotopic (exact) mass is 436 g/mol. The molecule has 1 N–H and O–H groups in total. The van der Waals surface area contributed by atoms with Crippen LogP contribution in [0.5, 0.6) is 0 Å². The second kappa shape index (κ2) is 15.7. The summed E-state index contributed by atoms with van der Waals surface area (Å²) in [7, 11) is 0. The second-order valence-electron chi connectivity index (χ2n) is 5.89. The van der Waals surface area contributed by atoms with Gasteiger partial charge in [0.15, 0.2) is 0 Å². The van der Waals surface area contributed by atoms with Crippen LogP contribution < -0.4 is 0 Å². The second-order valence-corrected chi connectivity index (χ2v) is 8.73. The van der Waals surface area contributed by atoms with E-state index >= 15 is 0 Å². The summed E-state index contributed by atoms with van der Waals surface area (Å²) in [6.07, 6.45) is 9.17. The van der Waals surface area contributed by atoms with Crippen molar-refractivity contribution in [2.45, 2.75) is 79.1 Å². The summed E-state index contributed by atoms with van der Waals surface area (Å²) < 4.78 is 11.1. The molecule has 0 bridgehead atoms. The molecule has 6 heteroatoms. The van der Waals surface area contributed by atoms with Crippen LogP contribution in [0.2, 0.25) is 0 Å². The molecule has 0 aromatic rings. The summed E-state index contributed by atoms with van der Waals surface area (Å²) >= 11 is 5.12. The number of rotatable bonds is 14. The largest absolute Gasteiger partial charge is 0.324 e. The van der Waals surface area contributed by atoms with E-state index in [1.807, 2.05) is 0 Å². The molecule has 2 atom stereocenters. The summed E-state index contributed by atoms with van der Waals surface area (Å²) in [4.78, 5) is 10.1. The van der Waals surface area contributed by atoms with Crippen LogP contribution in [0, 0.1) is 11.8 Å². The van der Waals surface area contributed by atoms with E-state index in [1.54, 1.807) is 0 Å². The van der Waals surface area contributed by atoms with E-state index < -0.39 is 6.72 Å². The molecule has 0 heterocycles. The fourth-order valence-electron chi connectivity index (χ4n) is 2.23. The van der Waals surface area contributed by atoms with Crippen molar-refractivity contribution in [3.63, 3.8) is 0 Å². The van der Waals surface area contributed by atoms with Crippen LogP contribution in [0.4, 0.5) is 0 Å². The van der Waals surface area contributed by atoms with Crippen LogP contribution in [-0.4, -0.2) is 18.1 Å². The van der Waals surface area contributed by atoms with Crippen LogP contribution in [0.15, 0.2) is 0 Å². The van der Waals surface area contributed by atoms with Gasteiger partial charge in [0, 0.05) is 21.1 Å². The third kappa shape index (κ3) is 13.6. The first kappa shape index (κ1) is 25.5. The van der Waals surface area contributed by atoms with E-state index in [2.05, 4.69) is 27.7 Å². The van der Waals surface area contributed by atoms with Crippen molar-refractivity contribution in [2.24, 2.45) is 11.8 Å². The number of unbranched alkanes of at least 4 members (excludes halogenated alkanes) is 2. The van der Waals surface area contributed by atoms with Crippen molar-refractivity contribution >= 4 is 18.5 Å². The first-order valence-electron chi connectivity index (χ1n) is 8.60. The normalized spacial score (nSPS) is 16.6. The van der Waals surface area contributed by atoms with Gasteiger partial charge in [-0.2, -0.15) is 0 Å². The van der Waals surface area contributed by atoms with Crippen LogP contribution in [0.3, 0.4) is 0 Å². The predicted octanol–water partition coefficient (Wildman–Crippen LogP) is 5.67. The van der Waals surface area contributed by atoms with E-state index in [0.29, 0.717) is 25.0 Å². The molecule has 0 spiro atoms. The SMILES string of the molecule is CCCCC(CC)COP(O)(=S)OCC(CC)CCCC.[Mo]. The van der Waals surface area contributed by atoms with Crippen molar-refractivity contribution in [1.29, 1.82) is 0 Å². The van der Waals surface area contributed by atoms with Crippen molar-refractivity contribution in [2.75, 3.05) is 13.2 Å². The number of hydrogen-bond donors (Lipinski definition) is 1. The van der Waals surface area contributed by atoms with E-state index in [1.165, 1.54) is 25.7 Å². The fraction of sp³-hybridized carbons (Fsp3) is 1.00. The van der Waals surface area contributed by atoms with Gasteiger partial charge < -0.3 is 13.9 Å². The molecule has 0 fully saturated rings. The van der Waals surface area contributed by atoms with E-state index in [-0.39, 0.29) is 21.1 Å². The fourth-order valence-corrected chi connectivity index (χ4v) is 3.47. The smallest absolute Gasteiger partial charge is 0.324 e. The first-order chi connectivity index (χ1) is 9.99. The Morgan fingerprint density at radius 1 is 0.864 bits per heavy atom. The van der Waals surface area contributed by atoms with Crippen LogP contribution in [0.1, 0.15) is 79.1 Å². The molecule has 0 rings (SSSR count). The average Bonchev–Trinajstić information content (AvgIpc) is 2.47. The van der Waals surface area contributed by atoms with Gasteiger partial charge in [-0.05, 0) is 36.5 Å². The zero-order valence-corrected chi connectivity index (χ0v) is 18.5. The Morgan fingerprint density at radius 3 is 1.50 bits per heavy atom. The summed E-state index contributed by atoms with van der Waals surface area (Å²) in [5, 5.41) is 0. The minimum absolute atomic E-state index is 0. The van der Waals surface area contributed by atoms with Gasteiger partial charge in [0.25, 0.3) is 0 Å². The van der Waals surface area contributed by atoms with E-state index in [9.17, 15) is 4.89 Å². The van der Waals surface area contributed by atoms with Gasteiger partial charge in [0.1, 0.15) is 0 Å². The quantitative estimate of drug-likeness (QED) is 0.283. The Hall–Kier alpha value is 1.22. The van der Waals surface area contributed by atoms with Crippen LogP contribution in [0.25, 0.3) is 0 Å². The van der Waals surface area contributed by atoms with E-state index in [0.717, 1.165) is 25.7 Å². The molecule has 0 saturated heterocycles. The Morgan fingerprint density at radius 2 is 1.23 bits per heavy atom. The molecular weight excluding hydrogens is 399 g/mol. The van der Waals surface area contributed by atoms with E-state index in [4.69, 9.17) is 20.9 Å². The molecule has 3 nitrogen and oxygen atoms in total. The van der Waals surface area contributed by atoms with Gasteiger partial charge in [-0.3, -0.25) is 0 Å². The average molecular weight is 434 g/mol. The molecule has 0 aliphatic carbocycles. The van der Waals surface area contributed by atoms with Gasteiger partial charge in [-0.25, -0.2) is 0 Å². The molecule has 0 aromatic carbocycles. The molecule has 0 amide bonds. The summed E-state index contributed by atoms with van der Waals surface area (Å²) in [6, 6.07) is 0. The molecule has 134 valence electrons. The van der Waals surface area contributed by atoms with Gasteiger partial charge in [0.2, 0.25) is 0 Å². The summed E-state index contributed by atoms with van der Waals surface area (Å²) in [6.45, 7) is 6.68. The molecule has 2 unspecified atom stereocenters.